The van der Waals surface area contributed by atoms with E-state index in [-0.39, 0.29) is 25.0 Å². The minimum absolute atomic E-state index is 0.0416. The minimum atomic E-state index is -0.258. The SMILES string of the molecule is COCCN(CC(=O)N(CCc1c[nH]c2ccccc12)Cc1ccc(C)cc1)C(=O)COc1ccccc1. The maximum absolute atomic E-state index is 13.6. The number of aromatic nitrogens is 1. The molecule has 0 bridgehead atoms. The van der Waals surface area contributed by atoms with Gasteiger partial charge in [-0.2, -0.15) is 0 Å². The summed E-state index contributed by atoms with van der Waals surface area (Å²) < 4.78 is 10.9. The molecule has 3 aromatic carbocycles. The van der Waals surface area contributed by atoms with Gasteiger partial charge in [-0.15, -0.1) is 0 Å². The number of amides is 2. The minimum Gasteiger partial charge on any atom is -0.484 e. The van der Waals surface area contributed by atoms with E-state index in [0.717, 1.165) is 22.0 Å². The van der Waals surface area contributed by atoms with Crippen molar-refractivity contribution in [3.8, 4) is 5.75 Å². The molecule has 0 spiro atoms. The predicted molar refractivity (Wildman–Crippen MR) is 149 cm³/mol. The Hall–Kier alpha value is -4.10. The lowest BCUT2D eigenvalue weighted by atomic mass is 10.1. The van der Waals surface area contributed by atoms with E-state index in [1.165, 1.54) is 10.5 Å². The first-order valence-electron chi connectivity index (χ1n) is 12.9. The average molecular weight is 514 g/mol. The molecule has 0 aliphatic heterocycles. The third-order valence-electron chi connectivity index (χ3n) is 6.52. The van der Waals surface area contributed by atoms with E-state index in [1.807, 2.05) is 78.7 Å². The number of nitrogens with one attached hydrogen (secondary N) is 1. The van der Waals surface area contributed by atoms with Gasteiger partial charge in [0.15, 0.2) is 6.61 Å². The van der Waals surface area contributed by atoms with Gasteiger partial charge >= 0.3 is 0 Å². The number of carbonyl (C=O) groups excluding carboxylic acids is 2. The van der Waals surface area contributed by atoms with Gasteiger partial charge in [-0.25, -0.2) is 0 Å². The number of H-pyrrole nitrogens is 1. The second-order valence-corrected chi connectivity index (χ2v) is 9.32. The first kappa shape index (κ1) is 26.9. The number of hydrogen-bond acceptors (Lipinski definition) is 4. The summed E-state index contributed by atoms with van der Waals surface area (Å²) in [6.45, 7) is 3.49. The Balaban J connectivity index is 1.47. The largest absolute Gasteiger partial charge is 0.484 e. The molecule has 0 radical (unpaired) electrons. The quantitative estimate of drug-likeness (QED) is 0.284. The van der Waals surface area contributed by atoms with Crippen LogP contribution in [0.4, 0.5) is 0 Å². The fourth-order valence-electron chi connectivity index (χ4n) is 4.31. The van der Waals surface area contributed by atoms with Crippen molar-refractivity contribution in [1.82, 2.24) is 14.8 Å². The molecule has 0 atom stereocenters. The molecule has 4 aromatic rings. The lowest BCUT2D eigenvalue weighted by Gasteiger charge is -2.28. The molecule has 0 saturated carbocycles. The molecule has 0 fully saturated rings. The fraction of sp³-hybridized carbons (Fsp3) is 0.290. The van der Waals surface area contributed by atoms with E-state index in [0.29, 0.717) is 38.4 Å². The number of fused-ring (bicyclic) bond motifs is 1. The molecule has 4 rings (SSSR count). The molecule has 0 aliphatic rings. The topological polar surface area (TPSA) is 74.9 Å². The van der Waals surface area contributed by atoms with Crippen LogP contribution in [0, 0.1) is 6.92 Å². The first-order valence-corrected chi connectivity index (χ1v) is 12.9. The maximum atomic E-state index is 13.6. The zero-order valence-corrected chi connectivity index (χ0v) is 22.1. The Morgan fingerprint density at radius 1 is 0.842 bits per heavy atom. The van der Waals surface area contributed by atoms with Crippen LogP contribution < -0.4 is 4.74 Å². The highest BCUT2D eigenvalue weighted by atomic mass is 16.5. The standard InChI is InChI=1S/C31H35N3O4/c1-24-12-14-25(15-13-24)21-33(17-16-26-20-32-29-11-7-6-10-28(26)29)30(35)22-34(18-19-37-2)31(36)23-38-27-8-4-3-5-9-27/h3-15,20,32H,16-19,21-23H2,1-2H3. The Bertz CT molecular complexity index is 1320. The summed E-state index contributed by atoms with van der Waals surface area (Å²) >= 11 is 0. The van der Waals surface area contributed by atoms with E-state index >= 15 is 0 Å². The van der Waals surface area contributed by atoms with Crippen molar-refractivity contribution in [1.29, 1.82) is 0 Å². The number of aryl methyl sites for hydroxylation is 1. The number of aromatic amines is 1. The van der Waals surface area contributed by atoms with E-state index in [4.69, 9.17) is 9.47 Å². The molecule has 1 N–H and O–H groups in total. The molecule has 7 nitrogen and oxygen atoms in total. The summed E-state index contributed by atoms with van der Waals surface area (Å²) in [5, 5.41) is 1.16. The van der Waals surface area contributed by atoms with Crippen molar-refractivity contribution in [3.05, 3.63) is 102 Å². The summed E-state index contributed by atoms with van der Waals surface area (Å²) in [6, 6.07) is 25.5. The maximum Gasteiger partial charge on any atom is 0.261 e. The highest BCUT2D eigenvalue weighted by Crippen LogP contribution is 2.19. The molecule has 7 heteroatoms. The fourth-order valence-corrected chi connectivity index (χ4v) is 4.31. The zero-order chi connectivity index (χ0) is 26.7. The number of methoxy groups -OCH3 is 1. The van der Waals surface area contributed by atoms with E-state index in [1.54, 1.807) is 19.2 Å². The summed E-state index contributed by atoms with van der Waals surface area (Å²) in [7, 11) is 1.58. The van der Waals surface area contributed by atoms with Crippen LogP contribution in [-0.4, -0.2) is 66.6 Å². The van der Waals surface area contributed by atoms with Crippen molar-refractivity contribution >= 4 is 22.7 Å². The molecule has 38 heavy (non-hydrogen) atoms. The van der Waals surface area contributed by atoms with Crippen molar-refractivity contribution in [3.63, 3.8) is 0 Å². The summed E-state index contributed by atoms with van der Waals surface area (Å²) in [6.07, 6.45) is 2.71. The van der Waals surface area contributed by atoms with Gasteiger partial charge in [0, 0.05) is 43.8 Å². The van der Waals surface area contributed by atoms with Crippen LogP contribution in [0.1, 0.15) is 16.7 Å². The smallest absolute Gasteiger partial charge is 0.261 e. The van der Waals surface area contributed by atoms with Crippen molar-refractivity contribution in [2.24, 2.45) is 0 Å². The molecular weight excluding hydrogens is 478 g/mol. The lowest BCUT2D eigenvalue weighted by molar-refractivity contribution is -0.142. The van der Waals surface area contributed by atoms with Gasteiger partial charge < -0.3 is 24.3 Å². The van der Waals surface area contributed by atoms with Crippen LogP contribution in [0.15, 0.2) is 85.1 Å². The van der Waals surface area contributed by atoms with Crippen LogP contribution >= 0.6 is 0 Å². The highest BCUT2D eigenvalue weighted by molar-refractivity contribution is 5.86. The second-order valence-electron chi connectivity index (χ2n) is 9.32. The van der Waals surface area contributed by atoms with Crippen LogP contribution in [0.2, 0.25) is 0 Å². The highest BCUT2D eigenvalue weighted by Gasteiger charge is 2.22. The Labute approximate surface area is 224 Å². The van der Waals surface area contributed by atoms with Gasteiger partial charge in [0.05, 0.1) is 13.2 Å². The molecule has 1 aromatic heterocycles. The summed E-state index contributed by atoms with van der Waals surface area (Å²) in [5.74, 6) is 0.236. The number of benzene rings is 3. The molecule has 1 heterocycles. The second kappa shape index (κ2) is 13.4. The Kier molecular flexibility index (Phi) is 9.54. The number of nitrogens with zero attached hydrogens (tertiary/aromatic N) is 2. The molecule has 2 amide bonds. The normalized spacial score (nSPS) is 10.9. The van der Waals surface area contributed by atoms with E-state index in [9.17, 15) is 9.59 Å². The molecule has 0 saturated heterocycles. The average Bonchev–Trinajstić information content (AvgIpc) is 3.36. The monoisotopic (exact) mass is 513 g/mol. The summed E-state index contributed by atoms with van der Waals surface area (Å²) in [5.41, 5.74) is 4.45. The van der Waals surface area contributed by atoms with Gasteiger partial charge in [0.25, 0.3) is 5.91 Å². The number of rotatable bonds is 13. The zero-order valence-electron chi connectivity index (χ0n) is 22.1. The van der Waals surface area contributed by atoms with Gasteiger partial charge in [-0.3, -0.25) is 9.59 Å². The molecule has 198 valence electrons. The van der Waals surface area contributed by atoms with E-state index < -0.39 is 0 Å². The predicted octanol–water partition coefficient (Wildman–Crippen LogP) is 4.60. The molecule has 0 unspecified atom stereocenters. The number of para-hydroxylation sites is 2. The summed E-state index contributed by atoms with van der Waals surface area (Å²) in [4.78, 5) is 33.3. The third kappa shape index (κ3) is 7.46. The van der Waals surface area contributed by atoms with Gasteiger partial charge in [-0.1, -0.05) is 66.2 Å². The number of carbonyl (C=O) groups is 2. The van der Waals surface area contributed by atoms with Crippen LogP contribution in [-0.2, 0) is 27.3 Å². The van der Waals surface area contributed by atoms with Crippen LogP contribution in [0.5, 0.6) is 5.75 Å². The van der Waals surface area contributed by atoms with Gasteiger partial charge in [-0.05, 0) is 42.7 Å². The van der Waals surface area contributed by atoms with Crippen LogP contribution in [0.25, 0.3) is 10.9 Å². The lowest BCUT2D eigenvalue weighted by Crippen LogP contribution is -2.46. The molecular formula is C31H35N3O4. The first-order chi connectivity index (χ1) is 18.5. The Morgan fingerprint density at radius 3 is 2.34 bits per heavy atom. The van der Waals surface area contributed by atoms with Gasteiger partial charge in [0.2, 0.25) is 5.91 Å². The Morgan fingerprint density at radius 2 is 1.58 bits per heavy atom. The third-order valence-corrected chi connectivity index (χ3v) is 6.52. The molecule has 0 aliphatic carbocycles. The van der Waals surface area contributed by atoms with Crippen LogP contribution in [0.3, 0.4) is 0 Å². The van der Waals surface area contributed by atoms with Crippen molar-refractivity contribution in [2.45, 2.75) is 19.9 Å². The van der Waals surface area contributed by atoms with E-state index in [2.05, 4.69) is 11.1 Å². The number of ether oxygens (including phenoxy) is 2. The van der Waals surface area contributed by atoms with Crippen molar-refractivity contribution in [2.75, 3.05) is 40.0 Å². The van der Waals surface area contributed by atoms with Crippen molar-refractivity contribution < 1.29 is 19.1 Å². The van der Waals surface area contributed by atoms with Gasteiger partial charge in [0.1, 0.15) is 5.75 Å². The number of hydrogen-bond donors (Lipinski definition) is 1.